The lowest BCUT2D eigenvalue weighted by Crippen LogP contribution is -2.29. The van der Waals surface area contributed by atoms with Crippen molar-refractivity contribution >= 4 is 11.9 Å². The number of phenols is 1. The van der Waals surface area contributed by atoms with Gasteiger partial charge in [-0.15, -0.1) is 0 Å². The summed E-state index contributed by atoms with van der Waals surface area (Å²) in [6, 6.07) is 3.82. The summed E-state index contributed by atoms with van der Waals surface area (Å²) in [6.07, 6.45) is 9.06. The van der Waals surface area contributed by atoms with Crippen molar-refractivity contribution in [1.29, 1.82) is 0 Å². The van der Waals surface area contributed by atoms with Crippen LogP contribution in [0.4, 0.5) is 0 Å². The first-order valence-electron chi connectivity index (χ1n) is 12.8. The molecular weight excluding hydrogens is 426 g/mol. The molecule has 0 saturated carbocycles. The number of carbonyl (C=O) groups excluding carboxylic acids is 2. The molecule has 0 aliphatic heterocycles. The fourth-order valence-corrected chi connectivity index (χ4v) is 4.68. The minimum atomic E-state index is -0.382. The molecule has 0 aromatic heterocycles. The predicted octanol–water partition coefficient (Wildman–Crippen LogP) is 6.74. The first-order valence-corrected chi connectivity index (χ1v) is 12.8. The SMILES string of the molecule is C=C(C)[C@@H]1CCC(C)=C[C@H]1c1c(O)cc(CCCCC)cc1OC(=O)CCCC(=O)NC(C)C. The quantitative estimate of drug-likeness (QED) is 0.154. The molecule has 1 aromatic rings. The third-order valence-corrected chi connectivity index (χ3v) is 6.42. The Bertz CT molecular complexity index is 900. The maximum absolute atomic E-state index is 12.7. The average molecular weight is 470 g/mol. The number of aromatic hydroxyl groups is 1. The van der Waals surface area contributed by atoms with Crippen molar-refractivity contribution in [1.82, 2.24) is 5.32 Å². The number of phenolic OH excluding ortho intramolecular Hbond substituents is 1. The Morgan fingerprint density at radius 2 is 1.94 bits per heavy atom. The van der Waals surface area contributed by atoms with Crippen LogP contribution in [0.2, 0.25) is 0 Å². The zero-order valence-electron chi connectivity index (χ0n) is 21.7. The van der Waals surface area contributed by atoms with E-state index in [9.17, 15) is 14.7 Å². The van der Waals surface area contributed by atoms with E-state index in [1.807, 2.05) is 32.9 Å². The van der Waals surface area contributed by atoms with Gasteiger partial charge in [0.1, 0.15) is 11.5 Å². The van der Waals surface area contributed by atoms with Crippen molar-refractivity contribution in [3.8, 4) is 11.5 Å². The molecule has 188 valence electrons. The third kappa shape index (κ3) is 8.34. The number of amides is 1. The summed E-state index contributed by atoms with van der Waals surface area (Å²) in [4.78, 5) is 24.6. The Labute approximate surface area is 205 Å². The highest BCUT2D eigenvalue weighted by molar-refractivity contribution is 5.78. The van der Waals surface area contributed by atoms with E-state index in [1.165, 1.54) is 5.57 Å². The summed E-state index contributed by atoms with van der Waals surface area (Å²) in [5.41, 5.74) is 3.96. The van der Waals surface area contributed by atoms with Crippen LogP contribution >= 0.6 is 0 Å². The molecule has 1 aromatic carbocycles. The van der Waals surface area contributed by atoms with Gasteiger partial charge in [0.2, 0.25) is 5.91 Å². The van der Waals surface area contributed by atoms with E-state index in [1.54, 1.807) is 0 Å². The number of hydrogen-bond acceptors (Lipinski definition) is 4. The number of hydrogen-bond donors (Lipinski definition) is 2. The fraction of sp³-hybridized carbons (Fsp3) is 0.586. The van der Waals surface area contributed by atoms with Crippen LogP contribution in [-0.4, -0.2) is 23.0 Å². The molecule has 0 radical (unpaired) electrons. The molecule has 0 spiro atoms. The van der Waals surface area contributed by atoms with Crippen LogP contribution in [0.3, 0.4) is 0 Å². The highest BCUT2D eigenvalue weighted by Crippen LogP contribution is 2.47. The van der Waals surface area contributed by atoms with Crippen LogP contribution in [0.15, 0.2) is 35.9 Å². The van der Waals surface area contributed by atoms with Gasteiger partial charge in [-0.05, 0) is 83.4 Å². The number of rotatable bonds is 12. The lowest BCUT2D eigenvalue weighted by molar-refractivity contribution is -0.134. The number of allylic oxidation sites excluding steroid dienone is 3. The Kier molecular flexibility index (Phi) is 10.9. The smallest absolute Gasteiger partial charge is 0.311 e. The van der Waals surface area contributed by atoms with Crippen LogP contribution in [0.25, 0.3) is 0 Å². The molecule has 34 heavy (non-hydrogen) atoms. The zero-order chi connectivity index (χ0) is 25.3. The van der Waals surface area contributed by atoms with E-state index in [0.29, 0.717) is 17.7 Å². The topological polar surface area (TPSA) is 75.6 Å². The number of unbranched alkanes of at least 4 members (excludes halogenated alkanes) is 2. The van der Waals surface area contributed by atoms with Crippen LogP contribution in [-0.2, 0) is 16.0 Å². The monoisotopic (exact) mass is 469 g/mol. The summed E-state index contributed by atoms with van der Waals surface area (Å²) in [6.45, 7) is 14.3. The van der Waals surface area contributed by atoms with E-state index in [2.05, 4.69) is 31.8 Å². The Hall–Kier alpha value is -2.56. The molecule has 5 heteroatoms. The summed E-state index contributed by atoms with van der Waals surface area (Å²) in [5.74, 6) is 0.257. The van der Waals surface area contributed by atoms with Gasteiger partial charge in [-0.25, -0.2) is 0 Å². The first kappa shape index (κ1) is 27.7. The Morgan fingerprint density at radius 3 is 2.59 bits per heavy atom. The molecule has 0 heterocycles. The number of benzene rings is 1. The molecule has 5 nitrogen and oxygen atoms in total. The Balaban J connectivity index is 2.29. The van der Waals surface area contributed by atoms with E-state index in [4.69, 9.17) is 4.74 Å². The van der Waals surface area contributed by atoms with Crippen LogP contribution < -0.4 is 10.1 Å². The third-order valence-electron chi connectivity index (χ3n) is 6.42. The van der Waals surface area contributed by atoms with Crippen molar-refractivity contribution in [2.75, 3.05) is 0 Å². The van der Waals surface area contributed by atoms with Gasteiger partial charge in [0.15, 0.2) is 0 Å². The van der Waals surface area contributed by atoms with Gasteiger partial charge in [-0.1, -0.05) is 43.6 Å². The number of aryl methyl sites for hydroxylation is 1. The highest BCUT2D eigenvalue weighted by atomic mass is 16.5. The van der Waals surface area contributed by atoms with Gasteiger partial charge >= 0.3 is 5.97 Å². The molecule has 2 N–H and O–H groups in total. The number of nitrogens with one attached hydrogen (secondary N) is 1. The van der Waals surface area contributed by atoms with Crippen LogP contribution in [0, 0.1) is 5.92 Å². The molecule has 1 aliphatic rings. The van der Waals surface area contributed by atoms with Crippen LogP contribution in [0.1, 0.15) is 103 Å². The lowest BCUT2D eigenvalue weighted by atomic mass is 9.73. The molecule has 2 rings (SSSR count). The minimum absolute atomic E-state index is 0.0637. The lowest BCUT2D eigenvalue weighted by Gasteiger charge is -2.32. The van der Waals surface area contributed by atoms with Crippen molar-refractivity contribution in [2.45, 2.75) is 104 Å². The molecular formula is C29H43NO4. The van der Waals surface area contributed by atoms with Gasteiger partial charge in [-0.3, -0.25) is 9.59 Å². The zero-order valence-corrected chi connectivity index (χ0v) is 21.7. The Morgan fingerprint density at radius 1 is 1.21 bits per heavy atom. The summed E-state index contributed by atoms with van der Waals surface area (Å²) < 4.78 is 5.86. The normalized spacial score (nSPS) is 17.9. The van der Waals surface area contributed by atoms with E-state index in [-0.39, 0.29) is 48.3 Å². The van der Waals surface area contributed by atoms with E-state index in [0.717, 1.165) is 49.7 Å². The standard InChI is InChI=1S/C29H43NO4/c1-7-8-9-11-22-17-25(31)29(24-16-21(6)14-15-23(24)19(2)3)26(18-22)34-28(33)13-10-12-27(32)30-20(4)5/h16-18,20,23-24,31H,2,7-15H2,1,3-6H3,(H,30,32)/t23-,24+/m0/s1. The highest BCUT2D eigenvalue weighted by Gasteiger charge is 2.31. The van der Waals surface area contributed by atoms with E-state index < -0.39 is 0 Å². The molecule has 0 unspecified atom stereocenters. The van der Waals surface area contributed by atoms with Crippen molar-refractivity contribution in [3.05, 3.63) is 47.1 Å². The number of esters is 1. The molecule has 1 aliphatic carbocycles. The molecule has 1 amide bonds. The summed E-state index contributed by atoms with van der Waals surface area (Å²) in [5, 5.41) is 13.9. The second-order valence-corrected chi connectivity index (χ2v) is 10.1. The molecule has 0 fully saturated rings. The minimum Gasteiger partial charge on any atom is -0.507 e. The van der Waals surface area contributed by atoms with Crippen molar-refractivity contribution in [2.24, 2.45) is 5.92 Å². The molecule has 0 saturated heterocycles. The van der Waals surface area contributed by atoms with Crippen molar-refractivity contribution in [3.63, 3.8) is 0 Å². The van der Waals surface area contributed by atoms with Crippen LogP contribution in [0.5, 0.6) is 11.5 Å². The predicted molar refractivity (Wildman–Crippen MR) is 138 cm³/mol. The van der Waals surface area contributed by atoms with Gasteiger partial charge < -0.3 is 15.2 Å². The maximum atomic E-state index is 12.7. The fourth-order valence-electron chi connectivity index (χ4n) is 4.68. The van der Waals surface area contributed by atoms with E-state index >= 15 is 0 Å². The number of ether oxygens (including phenoxy) is 1. The summed E-state index contributed by atoms with van der Waals surface area (Å²) in [7, 11) is 0. The first-order chi connectivity index (χ1) is 16.1. The maximum Gasteiger partial charge on any atom is 0.311 e. The van der Waals surface area contributed by atoms with Gasteiger partial charge in [0.25, 0.3) is 0 Å². The average Bonchev–Trinajstić information content (AvgIpc) is 2.73. The van der Waals surface area contributed by atoms with Gasteiger partial charge in [-0.2, -0.15) is 0 Å². The van der Waals surface area contributed by atoms with Gasteiger partial charge in [0.05, 0.1) is 0 Å². The second kappa shape index (κ2) is 13.4. The largest absolute Gasteiger partial charge is 0.507 e. The molecule has 2 atom stereocenters. The number of carbonyl (C=O) groups is 2. The summed E-state index contributed by atoms with van der Waals surface area (Å²) >= 11 is 0. The van der Waals surface area contributed by atoms with Gasteiger partial charge in [0, 0.05) is 30.4 Å². The second-order valence-electron chi connectivity index (χ2n) is 10.1. The van der Waals surface area contributed by atoms with Crippen molar-refractivity contribution < 1.29 is 19.4 Å². The molecule has 0 bridgehead atoms.